The zero-order valence-electron chi connectivity index (χ0n) is 14.6. The van der Waals surface area contributed by atoms with Gasteiger partial charge >= 0.3 is 6.03 Å². The fourth-order valence-electron chi connectivity index (χ4n) is 2.64. The maximum atomic E-state index is 12.1. The molecule has 1 aliphatic heterocycles. The molecule has 7 nitrogen and oxygen atoms in total. The molecule has 1 fully saturated rings. The molecule has 1 saturated heterocycles. The Bertz CT molecular complexity index is 918. The van der Waals surface area contributed by atoms with Crippen LogP contribution in [0.5, 0.6) is 5.75 Å². The van der Waals surface area contributed by atoms with Gasteiger partial charge in [-0.15, -0.1) is 0 Å². The highest BCUT2D eigenvalue weighted by molar-refractivity contribution is 6.13. The Morgan fingerprint density at radius 1 is 1.19 bits per heavy atom. The normalized spacial score (nSPS) is 15.1. The minimum Gasteiger partial charge on any atom is -0.545 e. The number of rotatable bonds is 6. The molecule has 0 radical (unpaired) electrons. The second kappa shape index (κ2) is 7.74. The van der Waals surface area contributed by atoms with E-state index in [0.717, 1.165) is 10.5 Å². The average molecular weight is 365 g/mol. The Kier molecular flexibility index (Phi) is 5.21. The van der Waals surface area contributed by atoms with Gasteiger partial charge in [-0.25, -0.2) is 4.79 Å². The molecule has 0 spiro atoms. The number of benzene rings is 2. The van der Waals surface area contributed by atoms with Crippen LogP contribution in [-0.4, -0.2) is 29.4 Å². The molecular formula is C20H17N2O5-. The van der Waals surface area contributed by atoms with Crippen LogP contribution in [0.4, 0.5) is 4.79 Å². The molecule has 27 heavy (non-hydrogen) atoms. The number of amides is 3. The standard InChI is InChI=1S/C20H18N2O5/c1-2-22-18(23)17(21-20(22)26)11-13-6-8-16(9-7-13)27-12-14-4-3-5-15(10-14)19(24)25/h3-11H,2,12H2,1H3,(H,21,26)(H,24,25)/p-1/b17-11+. The van der Waals surface area contributed by atoms with Crippen molar-refractivity contribution in [2.45, 2.75) is 13.5 Å². The van der Waals surface area contributed by atoms with Crippen LogP contribution >= 0.6 is 0 Å². The van der Waals surface area contributed by atoms with Gasteiger partial charge in [-0.2, -0.15) is 0 Å². The van der Waals surface area contributed by atoms with Gasteiger partial charge in [0.2, 0.25) is 0 Å². The van der Waals surface area contributed by atoms with Crippen molar-refractivity contribution in [3.05, 3.63) is 70.9 Å². The number of carbonyl (C=O) groups is 3. The van der Waals surface area contributed by atoms with Gasteiger partial charge in [-0.3, -0.25) is 9.69 Å². The van der Waals surface area contributed by atoms with Crippen molar-refractivity contribution in [2.75, 3.05) is 6.54 Å². The zero-order valence-corrected chi connectivity index (χ0v) is 14.6. The first kappa shape index (κ1) is 18.2. The molecule has 2 aromatic carbocycles. The third-order valence-electron chi connectivity index (χ3n) is 4.04. The second-order valence-electron chi connectivity index (χ2n) is 5.88. The Morgan fingerprint density at radius 3 is 2.56 bits per heavy atom. The topological polar surface area (TPSA) is 98.8 Å². The largest absolute Gasteiger partial charge is 0.545 e. The summed E-state index contributed by atoms with van der Waals surface area (Å²) in [6.45, 7) is 2.25. The fraction of sp³-hybridized carbons (Fsp3) is 0.150. The summed E-state index contributed by atoms with van der Waals surface area (Å²) in [4.78, 5) is 35.7. The SMILES string of the molecule is CCN1C(=O)N/C(=C/c2ccc(OCc3cccc(C(=O)[O-])c3)cc2)C1=O. The number of hydrogen-bond acceptors (Lipinski definition) is 5. The lowest BCUT2D eigenvalue weighted by Crippen LogP contribution is -2.30. The van der Waals surface area contributed by atoms with Gasteiger partial charge < -0.3 is 20.0 Å². The van der Waals surface area contributed by atoms with Crippen LogP contribution in [0.25, 0.3) is 6.08 Å². The number of urea groups is 1. The van der Waals surface area contributed by atoms with Crippen molar-refractivity contribution in [3.63, 3.8) is 0 Å². The van der Waals surface area contributed by atoms with E-state index in [1.807, 2.05) is 0 Å². The van der Waals surface area contributed by atoms with Crippen molar-refractivity contribution in [1.82, 2.24) is 10.2 Å². The summed E-state index contributed by atoms with van der Waals surface area (Å²) in [5.41, 5.74) is 1.78. The summed E-state index contributed by atoms with van der Waals surface area (Å²) >= 11 is 0. The van der Waals surface area contributed by atoms with Crippen molar-refractivity contribution in [3.8, 4) is 5.75 Å². The van der Waals surface area contributed by atoms with Crippen LogP contribution in [0, 0.1) is 0 Å². The molecule has 1 aliphatic rings. The summed E-state index contributed by atoms with van der Waals surface area (Å²) in [7, 11) is 0. The maximum Gasteiger partial charge on any atom is 0.328 e. The lowest BCUT2D eigenvalue weighted by atomic mass is 10.1. The molecule has 7 heteroatoms. The fourth-order valence-corrected chi connectivity index (χ4v) is 2.64. The predicted molar refractivity (Wildman–Crippen MR) is 95.4 cm³/mol. The molecule has 138 valence electrons. The van der Waals surface area contributed by atoms with Gasteiger partial charge in [-0.1, -0.05) is 30.3 Å². The van der Waals surface area contributed by atoms with E-state index in [9.17, 15) is 19.5 Å². The van der Waals surface area contributed by atoms with E-state index in [2.05, 4.69) is 5.32 Å². The van der Waals surface area contributed by atoms with E-state index in [4.69, 9.17) is 4.74 Å². The Balaban J connectivity index is 1.65. The molecule has 0 aromatic heterocycles. The zero-order chi connectivity index (χ0) is 19.4. The van der Waals surface area contributed by atoms with E-state index in [1.54, 1.807) is 49.4 Å². The van der Waals surface area contributed by atoms with Gasteiger partial charge in [-0.05, 0) is 47.9 Å². The third kappa shape index (κ3) is 4.14. The van der Waals surface area contributed by atoms with Gasteiger partial charge in [0.05, 0.1) is 5.97 Å². The highest BCUT2D eigenvalue weighted by Crippen LogP contribution is 2.18. The van der Waals surface area contributed by atoms with Gasteiger partial charge in [0.25, 0.3) is 5.91 Å². The number of carboxylic acid groups (broad SMARTS) is 1. The average Bonchev–Trinajstić information content (AvgIpc) is 2.94. The lowest BCUT2D eigenvalue weighted by Gasteiger charge is -2.09. The highest BCUT2D eigenvalue weighted by Gasteiger charge is 2.31. The number of imide groups is 1. The number of hydrogen-bond donors (Lipinski definition) is 1. The van der Waals surface area contributed by atoms with E-state index < -0.39 is 12.0 Å². The van der Waals surface area contributed by atoms with Crippen molar-refractivity contribution < 1.29 is 24.2 Å². The molecule has 3 rings (SSSR count). The lowest BCUT2D eigenvalue weighted by molar-refractivity contribution is -0.255. The van der Waals surface area contributed by atoms with Crippen LogP contribution in [0.15, 0.2) is 54.2 Å². The number of nitrogens with zero attached hydrogens (tertiary/aromatic N) is 1. The van der Waals surface area contributed by atoms with Crippen LogP contribution < -0.4 is 15.2 Å². The summed E-state index contributed by atoms with van der Waals surface area (Å²) in [5, 5.41) is 13.4. The van der Waals surface area contributed by atoms with E-state index in [1.165, 1.54) is 12.1 Å². The number of aromatic carboxylic acids is 1. The molecule has 0 aliphatic carbocycles. The number of carbonyl (C=O) groups excluding carboxylic acids is 3. The minimum atomic E-state index is -1.23. The van der Waals surface area contributed by atoms with Crippen molar-refractivity contribution in [2.24, 2.45) is 0 Å². The number of ether oxygens (including phenoxy) is 1. The van der Waals surface area contributed by atoms with Gasteiger partial charge in [0.15, 0.2) is 0 Å². The minimum absolute atomic E-state index is 0.0995. The van der Waals surface area contributed by atoms with E-state index >= 15 is 0 Å². The third-order valence-corrected chi connectivity index (χ3v) is 4.04. The monoisotopic (exact) mass is 365 g/mol. The number of likely N-dealkylation sites (N-methyl/N-ethyl adjacent to an activating group) is 1. The molecule has 0 saturated carbocycles. The molecule has 1 N–H and O–H groups in total. The molecule has 0 unspecified atom stereocenters. The smallest absolute Gasteiger partial charge is 0.328 e. The van der Waals surface area contributed by atoms with Crippen LogP contribution in [0.3, 0.4) is 0 Å². The Labute approximate surface area is 155 Å². The quantitative estimate of drug-likeness (QED) is 0.618. The molecule has 3 amide bonds. The first-order valence-corrected chi connectivity index (χ1v) is 8.35. The number of carboxylic acids is 1. The van der Waals surface area contributed by atoms with E-state index in [0.29, 0.717) is 17.9 Å². The second-order valence-corrected chi connectivity index (χ2v) is 5.88. The number of nitrogens with one attached hydrogen (secondary N) is 1. The van der Waals surface area contributed by atoms with Gasteiger partial charge in [0.1, 0.15) is 18.1 Å². The van der Waals surface area contributed by atoms with Crippen LogP contribution in [0.2, 0.25) is 0 Å². The molecule has 1 heterocycles. The van der Waals surface area contributed by atoms with Gasteiger partial charge in [0, 0.05) is 6.54 Å². The molecular weight excluding hydrogens is 348 g/mol. The van der Waals surface area contributed by atoms with Crippen molar-refractivity contribution in [1.29, 1.82) is 0 Å². The predicted octanol–water partition coefficient (Wildman–Crippen LogP) is 1.54. The highest BCUT2D eigenvalue weighted by atomic mass is 16.5. The first-order valence-electron chi connectivity index (χ1n) is 8.35. The summed E-state index contributed by atoms with van der Waals surface area (Å²) in [5.74, 6) is -0.993. The molecule has 2 aromatic rings. The first-order chi connectivity index (χ1) is 13.0. The summed E-state index contributed by atoms with van der Waals surface area (Å²) in [6.07, 6.45) is 1.60. The maximum absolute atomic E-state index is 12.1. The Hall–Kier alpha value is -3.61. The summed E-state index contributed by atoms with van der Waals surface area (Å²) in [6, 6.07) is 12.9. The Morgan fingerprint density at radius 2 is 1.93 bits per heavy atom. The summed E-state index contributed by atoms with van der Waals surface area (Å²) < 4.78 is 5.65. The molecule has 0 atom stereocenters. The van der Waals surface area contributed by atoms with Crippen molar-refractivity contribution >= 4 is 24.0 Å². The molecule has 0 bridgehead atoms. The van der Waals surface area contributed by atoms with E-state index in [-0.39, 0.29) is 23.8 Å². The van der Waals surface area contributed by atoms with Crippen LogP contribution in [0.1, 0.15) is 28.4 Å². The van der Waals surface area contributed by atoms with Crippen LogP contribution in [-0.2, 0) is 11.4 Å².